The smallest absolute Gasteiger partial charge is 0.337 e. The Labute approximate surface area is 246 Å². The number of aryl methyl sites for hydroxylation is 1. The first-order valence-corrected chi connectivity index (χ1v) is 13.2. The Hall–Kier alpha value is -5.37. The second-order valence-electron chi connectivity index (χ2n) is 9.37. The highest BCUT2D eigenvalue weighted by molar-refractivity contribution is 5.95. The predicted molar refractivity (Wildman–Crippen MR) is 155 cm³/mol. The van der Waals surface area contributed by atoms with Gasteiger partial charge in [0, 0.05) is 23.4 Å². The molecule has 0 spiro atoms. The second kappa shape index (κ2) is 13.5. The first-order valence-electron chi connectivity index (χ1n) is 13.2. The van der Waals surface area contributed by atoms with Crippen LogP contribution in [0.15, 0.2) is 69.3 Å². The average molecular weight is 594 g/mol. The second-order valence-corrected chi connectivity index (χ2v) is 9.37. The summed E-state index contributed by atoms with van der Waals surface area (Å²) in [6, 6.07) is 11.6. The van der Waals surface area contributed by atoms with Gasteiger partial charge in [0.15, 0.2) is 17.7 Å². The van der Waals surface area contributed by atoms with Crippen LogP contribution >= 0.6 is 0 Å². The van der Waals surface area contributed by atoms with E-state index in [1.807, 2.05) is 0 Å². The number of allylic oxidation sites excluding steroid dienone is 1. The fourth-order valence-electron chi connectivity index (χ4n) is 4.41. The number of furan rings is 1. The Morgan fingerprint density at radius 2 is 1.98 bits per heavy atom. The van der Waals surface area contributed by atoms with Crippen LogP contribution in [0.25, 0.3) is 11.3 Å². The number of hydrogen-bond acceptors (Lipinski definition) is 11. The third-order valence-corrected chi connectivity index (χ3v) is 6.40. The first-order chi connectivity index (χ1) is 20.6. The number of rotatable bonds is 12. The number of non-ortho nitro benzene ring substituents is 1. The lowest BCUT2D eigenvalue weighted by Crippen LogP contribution is -2.45. The van der Waals surface area contributed by atoms with Gasteiger partial charge < -0.3 is 34.4 Å². The predicted octanol–water partition coefficient (Wildman–Crippen LogP) is 3.68. The summed E-state index contributed by atoms with van der Waals surface area (Å²) in [4.78, 5) is 35.1. The minimum atomic E-state index is -1.20. The van der Waals surface area contributed by atoms with Crippen molar-refractivity contribution in [2.45, 2.75) is 33.0 Å². The summed E-state index contributed by atoms with van der Waals surface area (Å²) < 4.78 is 22.1. The molecule has 0 radical (unpaired) electrons. The van der Waals surface area contributed by atoms with Crippen LogP contribution in [0.4, 0.5) is 10.5 Å². The maximum Gasteiger partial charge on any atom is 0.337 e. The quantitative estimate of drug-likeness (QED) is 0.0793. The molecule has 2 amide bonds. The number of amides is 2. The molecule has 2 atom stereocenters. The van der Waals surface area contributed by atoms with Crippen LogP contribution in [-0.4, -0.2) is 54.8 Å². The van der Waals surface area contributed by atoms with Crippen molar-refractivity contribution in [1.29, 1.82) is 0 Å². The fraction of sp³-hybridized carbons (Fsp3) is 0.276. The lowest BCUT2D eigenvalue weighted by Gasteiger charge is -2.28. The molecule has 1 aromatic heterocycles. The summed E-state index contributed by atoms with van der Waals surface area (Å²) in [6.07, 6.45) is 0.173. The summed E-state index contributed by atoms with van der Waals surface area (Å²) in [5.74, 6) is 0.983. The number of hydrogen-bond donors (Lipinski definition) is 4. The van der Waals surface area contributed by atoms with Crippen molar-refractivity contribution in [1.82, 2.24) is 16.1 Å². The van der Waals surface area contributed by atoms with Crippen molar-refractivity contribution in [3.8, 4) is 22.8 Å². The van der Waals surface area contributed by atoms with E-state index in [2.05, 4.69) is 21.2 Å². The standard InChI is InChI=1S/C29H31N5O9/c1-5-41-24-13-18(27-26(28(36)40-4)17(3)31-29(37)32-27)6-10-23(24)42-15-25(35)33-30-14-20-8-11-22(43-20)21-9-7-19(34(38)39)12-16(21)2/h6-14,25,27,33,35H,5,15H2,1-4H3,(H2,31,32,37)/b30-14+/t25-,27+/m1/s1. The fourth-order valence-corrected chi connectivity index (χ4v) is 4.41. The zero-order chi connectivity index (χ0) is 31.1. The van der Waals surface area contributed by atoms with Gasteiger partial charge in [-0.05, 0) is 62.2 Å². The molecular formula is C29H31N5O9. The van der Waals surface area contributed by atoms with Gasteiger partial charge in [0.1, 0.15) is 18.1 Å². The Balaban J connectivity index is 1.39. The SMILES string of the molecule is CCOc1cc([C@@H]2NC(=O)NC(C)=C2C(=O)OC)ccc1OC[C@@H](O)N/N=C/c1ccc(-c2ccc([N+](=O)[O-])cc2C)o1. The third kappa shape index (κ3) is 7.29. The van der Waals surface area contributed by atoms with E-state index < -0.39 is 29.2 Å². The number of nitrogens with zero attached hydrogens (tertiary/aromatic N) is 2. The maximum absolute atomic E-state index is 12.4. The molecule has 1 aliphatic heterocycles. The number of aliphatic hydroxyl groups is 1. The molecule has 3 aromatic rings. The van der Waals surface area contributed by atoms with Crippen LogP contribution in [0.5, 0.6) is 11.5 Å². The van der Waals surface area contributed by atoms with Gasteiger partial charge in [0.05, 0.1) is 36.5 Å². The molecule has 14 nitrogen and oxygen atoms in total. The highest BCUT2D eigenvalue weighted by Crippen LogP contribution is 2.35. The molecule has 2 aromatic carbocycles. The molecule has 1 aliphatic rings. The maximum atomic E-state index is 12.4. The van der Waals surface area contributed by atoms with Gasteiger partial charge in [0.25, 0.3) is 5.69 Å². The molecule has 0 aliphatic carbocycles. The molecule has 0 bridgehead atoms. The van der Waals surface area contributed by atoms with Crippen LogP contribution in [0, 0.1) is 17.0 Å². The van der Waals surface area contributed by atoms with Crippen molar-refractivity contribution in [3.63, 3.8) is 0 Å². The van der Waals surface area contributed by atoms with Crippen LogP contribution in [-0.2, 0) is 9.53 Å². The van der Waals surface area contributed by atoms with E-state index in [1.54, 1.807) is 57.2 Å². The molecule has 4 rings (SSSR count). The highest BCUT2D eigenvalue weighted by atomic mass is 16.6. The number of ether oxygens (including phenoxy) is 3. The van der Waals surface area contributed by atoms with Gasteiger partial charge in [-0.15, -0.1) is 0 Å². The Bertz CT molecular complexity index is 1580. The zero-order valence-electron chi connectivity index (χ0n) is 23.9. The van der Waals surface area contributed by atoms with Gasteiger partial charge in [-0.3, -0.25) is 15.5 Å². The first kappa shape index (κ1) is 30.6. The number of esters is 1. The number of methoxy groups -OCH3 is 1. The van der Waals surface area contributed by atoms with Crippen molar-refractivity contribution in [2.24, 2.45) is 5.10 Å². The van der Waals surface area contributed by atoms with E-state index in [0.717, 1.165) is 0 Å². The van der Waals surface area contributed by atoms with Crippen molar-refractivity contribution < 1.29 is 38.2 Å². The van der Waals surface area contributed by atoms with Gasteiger partial charge in [-0.2, -0.15) is 5.10 Å². The lowest BCUT2D eigenvalue weighted by atomic mass is 9.95. The highest BCUT2D eigenvalue weighted by Gasteiger charge is 2.32. The molecule has 43 heavy (non-hydrogen) atoms. The van der Waals surface area contributed by atoms with Crippen molar-refractivity contribution in [2.75, 3.05) is 20.3 Å². The summed E-state index contributed by atoms with van der Waals surface area (Å²) in [6.45, 7) is 5.27. The number of nitrogens with one attached hydrogen (secondary N) is 3. The molecule has 0 unspecified atom stereocenters. The Morgan fingerprint density at radius 1 is 1.19 bits per heavy atom. The van der Waals surface area contributed by atoms with Gasteiger partial charge in [-0.1, -0.05) is 6.07 Å². The number of nitro benzene ring substituents is 1. The number of benzene rings is 2. The van der Waals surface area contributed by atoms with Crippen molar-refractivity contribution >= 4 is 23.9 Å². The molecule has 2 heterocycles. The van der Waals surface area contributed by atoms with Crippen LogP contribution in [0.1, 0.15) is 36.8 Å². The monoisotopic (exact) mass is 593 g/mol. The van der Waals surface area contributed by atoms with Gasteiger partial charge in [0.2, 0.25) is 0 Å². The number of urea groups is 1. The average Bonchev–Trinajstić information content (AvgIpc) is 3.44. The molecule has 0 saturated carbocycles. The molecule has 226 valence electrons. The summed E-state index contributed by atoms with van der Waals surface area (Å²) in [5, 5.41) is 30.6. The largest absolute Gasteiger partial charge is 0.490 e. The molecule has 14 heteroatoms. The number of nitro groups is 1. The van der Waals surface area contributed by atoms with E-state index in [-0.39, 0.29) is 17.9 Å². The number of aliphatic hydroxyl groups excluding tert-OH is 1. The molecule has 0 fully saturated rings. The minimum absolute atomic E-state index is 0.00507. The van der Waals surface area contributed by atoms with E-state index in [0.29, 0.717) is 52.0 Å². The Kier molecular flexibility index (Phi) is 9.62. The third-order valence-electron chi connectivity index (χ3n) is 6.40. The van der Waals surface area contributed by atoms with Gasteiger partial charge >= 0.3 is 12.0 Å². The number of carbonyl (C=O) groups excluding carboxylic acids is 2. The van der Waals surface area contributed by atoms with E-state index in [4.69, 9.17) is 18.6 Å². The van der Waals surface area contributed by atoms with E-state index in [1.165, 1.54) is 25.5 Å². The lowest BCUT2D eigenvalue weighted by molar-refractivity contribution is -0.384. The van der Waals surface area contributed by atoms with Crippen molar-refractivity contribution in [3.05, 3.63) is 86.8 Å². The van der Waals surface area contributed by atoms with Crippen LogP contribution in [0.3, 0.4) is 0 Å². The number of hydrazone groups is 1. The summed E-state index contributed by atoms with van der Waals surface area (Å²) in [7, 11) is 1.26. The van der Waals surface area contributed by atoms with Crippen LogP contribution < -0.4 is 25.5 Å². The van der Waals surface area contributed by atoms with E-state index >= 15 is 0 Å². The zero-order valence-corrected chi connectivity index (χ0v) is 23.9. The Morgan fingerprint density at radius 3 is 2.67 bits per heavy atom. The normalized spacial score (nSPS) is 15.5. The summed E-state index contributed by atoms with van der Waals surface area (Å²) in [5.41, 5.74) is 5.13. The summed E-state index contributed by atoms with van der Waals surface area (Å²) >= 11 is 0. The molecular weight excluding hydrogens is 562 g/mol. The van der Waals surface area contributed by atoms with Crippen LogP contribution in [0.2, 0.25) is 0 Å². The number of carbonyl (C=O) groups is 2. The van der Waals surface area contributed by atoms with E-state index in [9.17, 15) is 24.8 Å². The minimum Gasteiger partial charge on any atom is -0.490 e. The topological polar surface area (TPSA) is 187 Å². The van der Waals surface area contributed by atoms with Gasteiger partial charge in [-0.25, -0.2) is 9.59 Å². The molecule has 0 saturated heterocycles. The molecule has 4 N–H and O–H groups in total.